The van der Waals surface area contributed by atoms with Gasteiger partial charge >= 0.3 is 0 Å². The zero-order valence-electron chi connectivity index (χ0n) is 15.8. The molecule has 0 saturated carbocycles. The Bertz CT molecular complexity index is 901. The molecule has 0 unspecified atom stereocenters. The third-order valence-corrected chi connectivity index (χ3v) is 4.81. The highest BCUT2D eigenvalue weighted by Crippen LogP contribution is 2.15. The van der Waals surface area contributed by atoms with Crippen LogP contribution in [0, 0.1) is 0 Å². The lowest BCUT2D eigenvalue weighted by atomic mass is 10.1. The highest BCUT2D eigenvalue weighted by atomic mass is 16.5. The first-order valence-electron chi connectivity index (χ1n) is 9.53. The standard InChI is InChI=1S/C22H24N4O2/c27-22(20-7-5-18(6-8-20)17-26-10-2-9-23-26)24-21-4-1-3-19(15-21)16-25-11-13-28-14-12-25/h1-10,15H,11-14,16-17H2,(H,24,27). The molecule has 1 aromatic heterocycles. The molecule has 2 heterocycles. The Morgan fingerprint density at radius 2 is 1.82 bits per heavy atom. The molecule has 144 valence electrons. The van der Waals surface area contributed by atoms with E-state index in [0.29, 0.717) is 12.1 Å². The smallest absolute Gasteiger partial charge is 0.255 e. The van der Waals surface area contributed by atoms with Crippen LogP contribution in [0.4, 0.5) is 5.69 Å². The third kappa shape index (κ3) is 4.85. The van der Waals surface area contributed by atoms with Crippen molar-refractivity contribution in [2.24, 2.45) is 0 Å². The molecule has 4 rings (SSSR count). The number of nitrogens with zero attached hydrogens (tertiary/aromatic N) is 3. The SMILES string of the molecule is O=C(Nc1cccc(CN2CCOCC2)c1)c1ccc(Cn2cccn2)cc1. The Morgan fingerprint density at radius 1 is 1.00 bits per heavy atom. The number of rotatable bonds is 6. The topological polar surface area (TPSA) is 59.4 Å². The first-order chi connectivity index (χ1) is 13.8. The Morgan fingerprint density at radius 3 is 2.57 bits per heavy atom. The lowest BCUT2D eigenvalue weighted by molar-refractivity contribution is 0.0342. The molecule has 1 N–H and O–H groups in total. The number of morpholine rings is 1. The van der Waals surface area contributed by atoms with Gasteiger partial charge in [-0.1, -0.05) is 24.3 Å². The largest absolute Gasteiger partial charge is 0.379 e. The van der Waals surface area contributed by atoms with Gasteiger partial charge in [-0.15, -0.1) is 0 Å². The van der Waals surface area contributed by atoms with Gasteiger partial charge in [-0.2, -0.15) is 5.10 Å². The minimum absolute atomic E-state index is 0.103. The van der Waals surface area contributed by atoms with E-state index in [0.717, 1.165) is 44.1 Å². The number of hydrogen-bond acceptors (Lipinski definition) is 4. The van der Waals surface area contributed by atoms with Crippen LogP contribution in [0.2, 0.25) is 0 Å². The molecule has 3 aromatic rings. The minimum atomic E-state index is -0.103. The summed E-state index contributed by atoms with van der Waals surface area (Å²) in [6, 6.07) is 17.6. The lowest BCUT2D eigenvalue weighted by Crippen LogP contribution is -2.35. The Balaban J connectivity index is 1.37. The van der Waals surface area contributed by atoms with Gasteiger partial charge in [0, 0.05) is 43.3 Å². The van der Waals surface area contributed by atoms with E-state index in [1.807, 2.05) is 59.4 Å². The number of nitrogens with one attached hydrogen (secondary N) is 1. The van der Waals surface area contributed by atoms with Crippen LogP contribution in [-0.4, -0.2) is 46.9 Å². The molecule has 0 atom stereocenters. The highest BCUT2D eigenvalue weighted by molar-refractivity contribution is 6.04. The first-order valence-corrected chi connectivity index (χ1v) is 9.53. The summed E-state index contributed by atoms with van der Waals surface area (Å²) in [6.45, 7) is 5.02. The first kappa shape index (κ1) is 18.4. The number of amides is 1. The van der Waals surface area contributed by atoms with E-state index >= 15 is 0 Å². The summed E-state index contributed by atoms with van der Waals surface area (Å²) >= 11 is 0. The summed E-state index contributed by atoms with van der Waals surface area (Å²) in [5.41, 5.74) is 3.75. The molecule has 1 saturated heterocycles. The molecule has 0 spiro atoms. The Labute approximate surface area is 164 Å². The lowest BCUT2D eigenvalue weighted by Gasteiger charge is -2.26. The Hall–Kier alpha value is -2.96. The van der Waals surface area contributed by atoms with Gasteiger partial charge < -0.3 is 10.1 Å². The van der Waals surface area contributed by atoms with Gasteiger partial charge in [0.15, 0.2) is 0 Å². The van der Waals surface area contributed by atoms with E-state index in [9.17, 15) is 4.79 Å². The van der Waals surface area contributed by atoms with Gasteiger partial charge in [0.1, 0.15) is 0 Å². The van der Waals surface area contributed by atoms with Crippen molar-refractivity contribution in [3.05, 3.63) is 83.7 Å². The van der Waals surface area contributed by atoms with Crippen molar-refractivity contribution in [1.82, 2.24) is 14.7 Å². The number of carbonyl (C=O) groups is 1. The fourth-order valence-corrected chi connectivity index (χ4v) is 3.31. The predicted molar refractivity (Wildman–Crippen MR) is 108 cm³/mol. The van der Waals surface area contributed by atoms with E-state index < -0.39 is 0 Å². The second-order valence-electron chi connectivity index (χ2n) is 6.94. The van der Waals surface area contributed by atoms with Crippen molar-refractivity contribution in [1.29, 1.82) is 0 Å². The third-order valence-electron chi connectivity index (χ3n) is 4.81. The Kier molecular flexibility index (Phi) is 5.80. The van der Waals surface area contributed by atoms with Crippen molar-refractivity contribution in [3.8, 4) is 0 Å². The number of hydrogen-bond donors (Lipinski definition) is 1. The zero-order valence-corrected chi connectivity index (χ0v) is 15.8. The zero-order chi connectivity index (χ0) is 19.2. The molecule has 6 nitrogen and oxygen atoms in total. The maximum atomic E-state index is 12.6. The van der Waals surface area contributed by atoms with Gasteiger partial charge in [0.25, 0.3) is 5.91 Å². The molecule has 1 aliphatic rings. The van der Waals surface area contributed by atoms with Crippen LogP contribution in [0.25, 0.3) is 0 Å². The quantitative estimate of drug-likeness (QED) is 0.718. The van der Waals surface area contributed by atoms with Crippen LogP contribution in [0.3, 0.4) is 0 Å². The maximum absolute atomic E-state index is 12.6. The van der Waals surface area contributed by atoms with E-state index in [1.165, 1.54) is 5.56 Å². The molecular formula is C22H24N4O2. The van der Waals surface area contributed by atoms with E-state index in [2.05, 4.69) is 21.4 Å². The molecule has 0 radical (unpaired) electrons. The summed E-state index contributed by atoms with van der Waals surface area (Å²) in [4.78, 5) is 15.0. The second-order valence-corrected chi connectivity index (χ2v) is 6.94. The average Bonchev–Trinajstić information content (AvgIpc) is 3.23. The van der Waals surface area contributed by atoms with Crippen LogP contribution in [0.15, 0.2) is 67.0 Å². The van der Waals surface area contributed by atoms with Crippen LogP contribution in [-0.2, 0) is 17.8 Å². The summed E-state index contributed by atoms with van der Waals surface area (Å²) in [7, 11) is 0. The van der Waals surface area contributed by atoms with Crippen molar-refractivity contribution in [2.75, 3.05) is 31.6 Å². The molecule has 1 aliphatic heterocycles. The predicted octanol–water partition coefficient (Wildman–Crippen LogP) is 3.02. The van der Waals surface area contributed by atoms with Crippen molar-refractivity contribution >= 4 is 11.6 Å². The highest BCUT2D eigenvalue weighted by Gasteiger charge is 2.11. The molecule has 1 fully saturated rings. The fraction of sp³-hybridized carbons (Fsp3) is 0.273. The van der Waals surface area contributed by atoms with E-state index in [1.54, 1.807) is 6.20 Å². The second kappa shape index (κ2) is 8.82. The van der Waals surface area contributed by atoms with Crippen LogP contribution < -0.4 is 5.32 Å². The molecule has 6 heteroatoms. The van der Waals surface area contributed by atoms with Gasteiger partial charge in [-0.05, 0) is 41.5 Å². The molecule has 2 aromatic carbocycles. The summed E-state index contributed by atoms with van der Waals surface area (Å²) in [5, 5.41) is 7.20. The molecular weight excluding hydrogens is 352 g/mol. The maximum Gasteiger partial charge on any atom is 0.255 e. The molecule has 0 bridgehead atoms. The summed E-state index contributed by atoms with van der Waals surface area (Å²) in [5.74, 6) is -0.103. The van der Waals surface area contributed by atoms with Gasteiger partial charge in [0.2, 0.25) is 0 Å². The van der Waals surface area contributed by atoms with Gasteiger partial charge in [-0.3, -0.25) is 14.4 Å². The summed E-state index contributed by atoms with van der Waals surface area (Å²) < 4.78 is 7.25. The van der Waals surface area contributed by atoms with Crippen LogP contribution in [0.1, 0.15) is 21.5 Å². The number of anilines is 1. The van der Waals surface area contributed by atoms with Crippen molar-refractivity contribution in [3.63, 3.8) is 0 Å². The molecule has 0 aliphatic carbocycles. The van der Waals surface area contributed by atoms with Gasteiger partial charge in [0.05, 0.1) is 19.8 Å². The van der Waals surface area contributed by atoms with Crippen molar-refractivity contribution < 1.29 is 9.53 Å². The number of ether oxygens (including phenoxy) is 1. The minimum Gasteiger partial charge on any atom is -0.379 e. The molecule has 28 heavy (non-hydrogen) atoms. The number of carbonyl (C=O) groups excluding carboxylic acids is 1. The van der Waals surface area contributed by atoms with Gasteiger partial charge in [-0.25, -0.2) is 0 Å². The average molecular weight is 376 g/mol. The summed E-state index contributed by atoms with van der Waals surface area (Å²) in [6.07, 6.45) is 3.68. The normalized spacial score (nSPS) is 14.7. The number of aromatic nitrogens is 2. The van der Waals surface area contributed by atoms with Crippen LogP contribution >= 0.6 is 0 Å². The van der Waals surface area contributed by atoms with Crippen LogP contribution in [0.5, 0.6) is 0 Å². The van der Waals surface area contributed by atoms with E-state index in [4.69, 9.17) is 4.74 Å². The number of benzene rings is 2. The monoisotopic (exact) mass is 376 g/mol. The molecule has 1 amide bonds. The fourth-order valence-electron chi connectivity index (χ4n) is 3.31. The van der Waals surface area contributed by atoms with E-state index in [-0.39, 0.29) is 5.91 Å². The van der Waals surface area contributed by atoms with Crippen molar-refractivity contribution in [2.45, 2.75) is 13.1 Å².